The molecule has 2 N–H and O–H groups in total. The molecule has 1 aromatic heterocycles. The molecule has 32 heavy (non-hydrogen) atoms. The number of nitrogens with one attached hydrogen (secondary N) is 2. The third-order valence-corrected chi connectivity index (χ3v) is 5.58. The lowest BCUT2D eigenvalue weighted by Crippen LogP contribution is -2.52. The molecule has 0 unspecified atom stereocenters. The monoisotopic (exact) mass is 552 g/mol. The quantitative estimate of drug-likeness (QED) is 0.226. The number of ether oxygens (including phenoxy) is 2. The zero-order valence-corrected chi connectivity index (χ0v) is 21.0. The van der Waals surface area contributed by atoms with Crippen LogP contribution in [0.5, 0.6) is 11.5 Å². The second-order valence-electron chi connectivity index (χ2n) is 7.77. The molecule has 0 saturated carbocycles. The van der Waals surface area contributed by atoms with Gasteiger partial charge in [0.1, 0.15) is 5.82 Å². The van der Waals surface area contributed by atoms with E-state index < -0.39 is 0 Å². The SMILES string of the molecule is CN=C(NCCCCNc1ccccn1)N1CCN(Cc2ccc3c(c2)OCO3)CC1.I. The summed E-state index contributed by atoms with van der Waals surface area (Å²) in [5.74, 6) is 3.64. The Kier molecular flexibility index (Phi) is 9.66. The molecule has 2 aliphatic heterocycles. The summed E-state index contributed by atoms with van der Waals surface area (Å²) in [5.41, 5.74) is 1.26. The van der Waals surface area contributed by atoms with E-state index in [-0.39, 0.29) is 24.0 Å². The summed E-state index contributed by atoms with van der Waals surface area (Å²) in [6.07, 6.45) is 3.98. The molecule has 4 rings (SSSR count). The van der Waals surface area contributed by atoms with Crippen LogP contribution in [0.3, 0.4) is 0 Å². The number of pyridine rings is 1. The van der Waals surface area contributed by atoms with E-state index in [2.05, 4.69) is 42.5 Å². The number of anilines is 1. The minimum atomic E-state index is 0. The summed E-state index contributed by atoms with van der Waals surface area (Å²) in [6, 6.07) is 12.1. The Morgan fingerprint density at radius 3 is 2.62 bits per heavy atom. The van der Waals surface area contributed by atoms with Crippen molar-refractivity contribution in [3.63, 3.8) is 0 Å². The van der Waals surface area contributed by atoms with Crippen LogP contribution >= 0.6 is 24.0 Å². The second kappa shape index (κ2) is 12.7. The number of fused-ring (bicyclic) bond motifs is 1. The maximum atomic E-state index is 5.50. The van der Waals surface area contributed by atoms with Gasteiger partial charge in [0.2, 0.25) is 6.79 Å². The molecule has 2 aromatic rings. The summed E-state index contributed by atoms with van der Waals surface area (Å²) in [5, 5.41) is 6.86. The maximum Gasteiger partial charge on any atom is 0.231 e. The first-order chi connectivity index (χ1) is 15.3. The standard InChI is InChI=1S/C23H32N6O2.HI/c1-24-23(27-11-5-4-10-26-22-6-2-3-9-25-22)29-14-12-28(13-15-29)17-19-7-8-20-21(16-19)31-18-30-20;/h2-3,6-9,16H,4-5,10-15,17-18H2,1H3,(H,24,27)(H,25,26);1H. The van der Waals surface area contributed by atoms with Crippen molar-refractivity contribution in [2.75, 3.05) is 58.4 Å². The van der Waals surface area contributed by atoms with Gasteiger partial charge in [-0.25, -0.2) is 4.98 Å². The van der Waals surface area contributed by atoms with Crippen molar-refractivity contribution in [1.29, 1.82) is 0 Å². The fraction of sp³-hybridized carbons (Fsp3) is 0.478. The number of hydrogen-bond donors (Lipinski definition) is 2. The lowest BCUT2D eigenvalue weighted by atomic mass is 10.1. The van der Waals surface area contributed by atoms with Crippen LogP contribution in [0.1, 0.15) is 18.4 Å². The fourth-order valence-electron chi connectivity index (χ4n) is 3.88. The Morgan fingerprint density at radius 1 is 1.03 bits per heavy atom. The van der Waals surface area contributed by atoms with Crippen LogP contribution in [0.25, 0.3) is 0 Å². The van der Waals surface area contributed by atoms with Crippen LogP contribution in [0, 0.1) is 0 Å². The van der Waals surface area contributed by atoms with Gasteiger partial charge in [-0.05, 0) is 42.7 Å². The van der Waals surface area contributed by atoms with Crippen LogP contribution in [0.15, 0.2) is 47.6 Å². The third kappa shape index (κ3) is 6.86. The summed E-state index contributed by atoms with van der Waals surface area (Å²) < 4.78 is 10.9. The average Bonchev–Trinajstić information content (AvgIpc) is 3.28. The summed E-state index contributed by atoms with van der Waals surface area (Å²) in [7, 11) is 1.87. The van der Waals surface area contributed by atoms with E-state index in [9.17, 15) is 0 Å². The van der Waals surface area contributed by atoms with Gasteiger partial charge in [0.25, 0.3) is 0 Å². The number of rotatable bonds is 8. The molecule has 0 bridgehead atoms. The number of aromatic nitrogens is 1. The van der Waals surface area contributed by atoms with Crippen molar-refractivity contribution in [3.8, 4) is 11.5 Å². The van der Waals surface area contributed by atoms with Gasteiger partial charge in [0.15, 0.2) is 17.5 Å². The van der Waals surface area contributed by atoms with Gasteiger partial charge in [-0.15, -0.1) is 24.0 Å². The first-order valence-electron chi connectivity index (χ1n) is 11.0. The van der Waals surface area contributed by atoms with Gasteiger partial charge in [0.05, 0.1) is 0 Å². The van der Waals surface area contributed by atoms with E-state index in [0.717, 1.165) is 81.9 Å². The highest BCUT2D eigenvalue weighted by Crippen LogP contribution is 2.32. The van der Waals surface area contributed by atoms with Gasteiger partial charge in [-0.2, -0.15) is 0 Å². The maximum absolute atomic E-state index is 5.50. The van der Waals surface area contributed by atoms with Gasteiger partial charge < -0.3 is 25.0 Å². The minimum absolute atomic E-state index is 0. The molecule has 1 saturated heterocycles. The Balaban J connectivity index is 0.00000289. The number of hydrogen-bond acceptors (Lipinski definition) is 6. The molecule has 9 heteroatoms. The first-order valence-corrected chi connectivity index (χ1v) is 11.0. The Hall–Kier alpha value is -2.27. The normalized spacial score (nSPS) is 15.9. The fourth-order valence-corrected chi connectivity index (χ4v) is 3.88. The summed E-state index contributed by atoms with van der Waals surface area (Å²) >= 11 is 0. The molecule has 1 fully saturated rings. The van der Waals surface area contributed by atoms with Gasteiger partial charge in [-0.3, -0.25) is 9.89 Å². The molecule has 0 atom stereocenters. The van der Waals surface area contributed by atoms with E-state index in [4.69, 9.17) is 9.47 Å². The molecule has 0 amide bonds. The van der Waals surface area contributed by atoms with Crippen LogP contribution in [0.4, 0.5) is 5.82 Å². The number of piperazine rings is 1. The molecule has 0 radical (unpaired) electrons. The molecular formula is C23H33IN6O2. The lowest BCUT2D eigenvalue weighted by Gasteiger charge is -2.36. The Labute approximate surface area is 207 Å². The first kappa shape index (κ1) is 24.4. The van der Waals surface area contributed by atoms with Crippen LogP contribution in [-0.2, 0) is 6.54 Å². The number of nitrogens with zero attached hydrogens (tertiary/aromatic N) is 4. The van der Waals surface area contributed by atoms with Crippen molar-refractivity contribution in [3.05, 3.63) is 48.2 Å². The second-order valence-corrected chi connectivity index (χ2v) is 7.77. The lowest BCUT2D eigenvalue weighted by molar-refractivity contribution is 0.171. The van der Waals surface area contributed by atoms with Crippen LogP contribution in [-0.4, -0.2) is 73.9 Å². The van der Waals surface area contributed by atoms with Crippen molar-refractivity contribution in [1.82, 2.24) is 20.1 Å². The predicted octanol–water partition coefficient (Wildman–Crippen LogP) is 3.01. The minimum Gasteiger partial charge on any atom is -0.454 e. The largest absolute Gasteiger partial charge is 0.454 e. The predicted molar refractivity (Wildman–Crippen MR) is 138 cm³/mol. The number of unbranched alkanes of at least 4 members (excludes halogenated alkanes) is 1. The highest BCUT2D eigenvalue weighted by Gasteiger charge is 2.20. The molecule has 174 valence electrons. The summed E-state index contributed by atoms with van der Waals surface area (Å²) in [6.45, 7) is 7.09. The van der Waals surface area contributed by atoms with E-state index in [0.29, 0.717) is 6.79 Å². The van der Waals surface area contributed by atoms with Gasteiger partial charge in [0, 0.05) is 59.1 Å². The van der Waals surface area contributed by atoms with E-state index in [1.54, 1.807) is 0 Å². The molecule has 1 aromatic carbocycles. The highest BCUT2D eigenvalue weighted by atomic mass is 127. The molecule has 0 aliphatic carbocycles. The van der Waals surface area contributed by atoms with Crippen molar-refractivity contribution in [2.24, 2.45) is 4.99 Å². The topological polar surface area (TPSA) is 74.3 Å². The Morgan fingerprint density at radius 2 is 1.84 bits per heavy atom. The molecule has 3 heterocycles. The number of benzene rings is 1. The average molecular weight is 552 g/mol. The molecule has 8 nitrogen and oxygen atoms in total. The van der Waals surface area contributed by atoms with E-state index in [1.807, 2.05) is 37.5 Å². The van der Waals surface area contributed by atoms with Crippen LogP contribution < -0.4 is 20.1 Å². The van der Waals surface area contributed by atoms with Crippen molar-refractivity contribution >= 4 is 35.8 Å². The Bertz CT molecular complexity index is 859. The zero-order chi connectivity index (χ0) is 21.3. The van der Waals surface area contributed by atoms with E-state index >= 15 is 0 Å². The number of guanidine groups is 1. The number of aliphatic imine (C=N–C) groups is 1. The van der Waals surface area contributed by atoms with Gasteiger partial charge >= 0.3 is 0 Å². The molecular weight excluding hydrogens is 519 g/mol. The van der Waals surface area contributed by atoms with Gasteiger partial charge in [-0.1, -0.05) is 12.1 Å². The number of halogens is 1. The molecule has 0 spiro atoms. The van der Waals surface area contributed by atoms with Crippen molar-refractivity contribution < 1.29 is 9.47 Å². The highest BCUT2D eigenvalue weighted by molar-refractivity contribution is 14.0. The van der Waals surface area contributed by atoms with Crippen molar-refractivity contribution in [2.45, 2.75) is 19.4 Å². The van der Waals surface area contributed by atoms with Crippen LogP contribution in [0.2, 0.25) is 0 Å². The zero-order valence-electron chi connectivity index (χ0n) is 18.6. The molecule has 2 aliphatic rings. The van der Waals surface area contributed by atoms with E-state index in [1.165, 1.54) is 5.56 Å². The summed E-state index contributed by atoms with van der Waals surface area (Å²) in [4.78, 5) is 13.6. The smallest absolute Gasteiger partial charge is 0.231 e. The third-order valence-electron chi connectivity index (χ3n) is 5.58.